The number of hydrogen-bond donors (Lipinski definition) is 0. The normalized spacial score (nSPS) is 10.9. The number of aryl methyl sites for hydroxylation is 1. The molecule has 0 N–H and O–H groups in total. The quantitative estimate of drug-likeness (QED) is 0.507. The molecule has 78 valence electrons. The van der Waals surface area contributed by atoms with Crippen LogP contribution in [0.2, 0.25) is 0 Å². The predicted molar refractivity (Wildman–Crippen MR) is 49.9 cm³/mol. The van der Waals surface area contributed by atoms with Crippen molar-refractivity contribution in [1.82, 2.24) is 14.8 Å². The first-order chi connectivity index (χ1) is 6.41. The number of hydrogen-bond acceptors (Lipinski definition) is 3. The van der Waals surface area contributed by atoms with Gasteiger partial charge in [-0.3, -0.25) is 0 Å². The van der Waals surface area contributed by atoms with Crippen molar-refractivity contribution in [3.63, 3.8) is 0 Å². The van der Waals surface area contributed by atoms with Gasteiger partial charge in [-0.1, -0.05) is 11.8 Å². The molecule has 3 nitrogen and oxygen atoms in total. The molecule has 9 heteroatoms. The second kappa shape index (κ2) is 6.46. The fraction of sp³-hybridized carbons (Fsp3) is 0.333. The van der Waals surface area contributed by atoms with Gasteiger partial charge in [-0.05, 0) is 5.75 Å². The van der Waals surface area contributed by atoms with Crippen LogP contribution in [0.25, 0.3) is 0 Å². The first-order valence-electron chi connectivity index (χ1n) is 3.75. The Bertz CT molecular complexity index is 341. The molecule has 0 spiro atoms. The maximum absolute atomic E-state index is 12.1. The zero-order valence-corrected chi connectivity index (χ0v) is 12.4. The molecular formula is C6H8BF3KN3S. The summed E-state index contributed by atoms with van der Waals surface area (Å²) >= 11 is 0.974. The molecule has 0 aliphatic heterocycles. The number of aromatic nitrogens is 3. The molecule has 0 saturated heterocycles. The summed E-state index contributed by atoms with van der Waals surface area (Å²) in [5, 5.41) is 7.64. The molecule has 1 aromatic rings. The van der Waals surface area contributed by atoms with E-state index in [9.17, 15) is 12.9 Å². The van der Waals surface area contributed by atoms with Gasteiger partial charge < -0.3 is 17.5 Å². The average molecular weight is 261 g/mol. The number of halogens is 3. The molecule has 1 heterocycles. The van der Waals surface area contributed by atoms with Crippen LogP contribution in [0.4, 0.5) is 12.9 Å². The van der Waals surface area contributed by atoms with Crippen molar-refractivity contribution in [3.05, 3.63) is 18.4 Å². The summed E-state index contributed by atoms with van der Waals surface area (Å²) in [5.74, 6) is -0.198. The monoisotopic (exact) mass is 261 g/mol. The van der Waals surface area contributed by atoms with Crippen molar-refractivity contribution in [1.29, 1.82) is 0 Å². The van der Waals surface area contributed by atoms with E-state index in [0.29, 0.717) is 5.16 Å². The van der Waals surface area contributed by atoms with Gasteiger partial charge in [0.2, 0.25) is 0 Å². The minimum atomic E-state index is -4.94. The summed E-state index contributed by atoms with van der Waals surface area (Å²) in [7, 11) is 1.67. The van der Waals surface area contributed by atoms with E-state index in [1.54, 1.807) is 11.6 Å². The summed E-state index contributed by atoms with van der Waals surface area (Å²) in [6.07, 6.45) is 1.43. The number of nitrogens with zero attached hydrogens (tertiary/aromatic N) is 3. The van der Waals surface area contributed by atoms with Crippen molar-refractivity contribution in [2.75, 3.05) is 5.75 Å². The minimum Gasteiger partial charge on any atom is -0.445 e. The van der Waals surface area contributed by atoms with E-state index < -0.39 is 12.4 Å². The number of rotatable bonds is 4. The Balaban J connectivity index is 0.00000196. The van der Waals surface area contributed by atoms with E-state index in [1.165, 1.54) is 6.33 Å². The molecule has 0 amide bonds. The molecule has 0 aliphatic rings. The van der Waals surface area contributed by atoms with Crippen LogP contribution in [-0.2, 0) is 7.05 Å². The molecule has 15 heavy (non-hydrogen) atoms. The SMILES string of the molecule is C=C(CSc1nncn1C)[B-](F)(F)F.[K+]. The van der Waals surface area contributed by atoms with Gasteiger partial charge in [-0.2, -0.15) is 0 Å². The zero-order chi connectivity index (χ0) is 10.8. The van der Waals surface area contributed by atoms with Crippen molar-refractivity contribution < 1.29 is 64.3 Å². The topological polar surface area (TPSA) is 30.7 Å². The minimum absolute atomic E-state index is 0. The Labute approximate surface area is 132 Å². The maximum atomic E-state index is 12.1. The van der Waals surface area contributed by atoms with Gasteiger partial charge in [0.1, 0.15) is 6.33 Å². The Kier molecular flexibility index (Phi) is 6.77. The summed E-state index contributed by atoms with van der Waals surface area (Å²) in [6.45, 7) is -1.96. The molecule has 0 aromatic carbocycles. The van der Waals surface area contributed by atoms with Crippen molar-refractivity contribution in [3.8, 4) is 0 Å². The van der Waals surface area contributed by atoms with E-state index >= 15 is 0 Å². The van der Waals surface area contributed by atoms with Gasteiger partial charge >= 0.3 is 58.4 Å². The van der Waals surface area contributed by atoms with Crippen LogP contribution in [0.1, 0.15) is 0 Å². The molecule has 1 rings (SSSR count). The zero-order valence-electron chi connectivity index (χ0n) is 8.45. The van der Waals surface area contributed by atoms with Crippen LogP contribution in [0.15, 0.2) is 23.5 Å². The van der Waals surface area contributed by atoms with E-state index in [4.69, 9.17) is 0 Å². The molecule has 0 bridgehead atoms. The standard InChI is InChI=1S/C6H8BF3N3S.K/c1-5(7(8,9)10)3-14-6-12-11-4-13(6)2;/h4H,1,3H2,2H3;/q-1;+1. The molecule has 0 radical (unpaired) electrons. The Hall–Kier alpha value is 0.721. The second-order valence-corrected chi connectivity index (χ2v) is 3.69. The molecule has 0 saturated carbocycles. The molecule has 1 aromatic heterocycles. The van der Waals surface area contributed by atoms with Crippen LogP contribution in [0.3, 0.4) is 0 Å². The molecule has 0 aliphatic carbocycles. The molecule has 0 atom stereocenters. The maximum Gasteiger partial charge on any atom is 1.00 e. The third kappa shape index (κ3) is 5.05. The fourth-order valence-electron chi connectivity index (χ4n) is 0.655. The van der Waals surface area contributed by atoms with E-state index in [0.717, 1.165) is 11.8 Å². The van der Waals surface area contributed by atoms with Gasteiger partial charge in [-0.25, -0.2) is 0 Å². The van der Waals surface area contributed by atoms with Crippen molar-refractivity contribution in [2.45, 2.75) is 5.16 Å². The van der Waals surface area contributed by atoms with Crippen LogP contribution >= 0.6 is 11.8 Å². The first kappa shape index (κ1) is 15.7. The largest absolute Gasteiger partial charge is 1.00 e. The Morgan fingerprint density at radius 3 is 2.60 bits per heavy atom. The summed E-state index contributed by atoms with van der Waals surface area (Å²) in [5.41, 5.74) is -0.710. The van der Waals surface area contributed by atoms with Gasteiger partial charge in [0.05, 0.1) is 0 Å². The number of thioether (sulfide) groups is 1. The molecule has 0 unspecified atom stereocenters. The van der Waals surface area contributed by atoms with E-state index in [-0.39, 0.29) is 57.1 Å². The van der Waals surface area contributed by atoms with Gasteiger partial charge in [0.15, 0.2) is 5.16 Å². The smallest absolute Gasteiger partial charge is 0.445 e. The van der Waals surface area contributed by atoms with Gasteiger partial charge in [-0.15, -0.1) is 22.2 Å². The van der Waals surface area contributed by atoms with E-state index in [2.05, 4.69) is 16.8 Å². The summed E-state index contributed by atoms with van der Waals surface area (Å²) < 4.78 is 37.8. The van der Waals surface area contributed by atoms with Gasteiger partial charge in [0.25, 0.3) is 0 Å². The predicted octanol–water partition coefficient (Wildman–Crippen LogP) is -1.15. The van der Waals surface area contributed by atoms with Crippen molar-refractivity contribution >= 4 is 18.7 Å². The first-order valence-corrected chi connectivity index (χ1v) is 4.74. The third-order valence-electron chi connectivity index (χ3n) is 1.52. The Morgan fingerprint density at radius 1 is 1.60 bits per heavy atom. The fourth-order valence-corrected chi connectivity index (χ4v) is 1.51. The van der Waals surface area contributed by atoms with Crippen LogP contribution in [0.5, 0.6) is 0 Å². The summed E-state index contributed by atoms with van der Waals surface area (Å²) in [4.78, 5) is 0. The second-order valence-electron chi connectivity index (χ2n) is 2.75. The van der Waals surface area contributed by atoms with E-state index in [1.807, 2.05) is 0 Å². The van der Waals surface area contributed by atoms with Gasteiger partial charge in [0, 0.05) is 7.05 Å². The van der Waals surface area contributed by atoms with Crippen molar-refractivity contribution in [2.24, 2.45) is 7.05 Å². The Morgan fingerprint density at radius 2 is 2.20 bits per heavy atom. The third-order valence-corrected chi connectivity index (χ3v) is 2.66. The van der Waals surface area contributed by atoms with Crippen LogP contribution < -0.4 is 51.4 Å². The van der Waals surface area contributed by atoms with Crippen LogP contribution in [-0.4, -0.2) is 27.5 Å². The summed E-state index contributed by atoms with van der Waals surface area (Å²) in [6, 6.07) is 0. The molecular weight excluding hydrogens is 253 g/mol. The average Bonchev–Trinajstić information content (AvgIpc) is 2.45. The van der Waals surface area contributed by atoms with Crippen LogP contribution in [0, 0.1) is 0 Å². The molecule has 0 fully saturated rings.